The minimum absolute atomic E-state index is 0.249. The molecule has 1 atom stereocenters. The van der Waals surface area contributed by atoms with Crippen LogP contribution >= 0.6 is 0 Å². The van der Waals surface area contributed by atoms with Gasteiger partial charge in [0.05, 0.1) is 13.7 Å². The third-order valence-electron chi connectivity index (χ3n) is 2.81. The van der Waals surface area contributed by atoms with E-state index in [1.165, 1.54) is 0 Å². The van der Waals surface area contributed by atoms with Crippen LogP contribution < -0.4 is 20.1 Å². The van der Waals surface area contributed by atoms with E-state index in [4.69, 9.17) is 14.2 Å². The molecule has 1 unspecified atom stereocenters. The summed E-state index contributed by atoms with van der Waals surface area (Å²) in [6, 6.07) is 5.66. The SMILES string of the molecule is CNCc1ccc(OC)cc1OCC1CNC(=O)O1. The van der Waals surface area contributed by atoms with Crippen molar-refractivity contribution in [2.24, 2.45) is 0 Å². The number of alkyl carbamates (subject to hydrolysis) is 1. The van der Waals surface area contributed by atoms with E-state index in [0.29, 0.717) is 19.7 Å². The number of carbonyl (C=O) groups is 1. The van der Waals surface area contributed by atoms with E-state index in [0.717, 1.165) is 17.1 Å². The lowest BCUT2D eigenvalue weighted by Gasteiger charge is -2.14. The lowest BCUT2D eigenvalue weighted by Crippen LogP contribution is -2.22. The van der Waals surface area contributed by atoms with Gasteiger partial charge in [-0.3, -0.25) is 0 Å². The van der Waals surface area contributed by atoms with E-state index in [-0.39, 0.29) is 6.10 Å². The van der Waals surface area contributed by atoms with Gasteiger partial charge in [-0.1, -0.05) is 6.07 Å². The van der Waals surface area contributed by atoms with Crippen molar-refractivity contribution in [3.63, 3.8) is 0 Å². The fraction of sp³-hybridized carbons (Fsp3) is 0.462. The first-order valence-electron chi connectivity index (χ1n) is 6.11. The Labute approximate surface area is 112 Å². The maximum Gasteiger partial charge on any atom is 0.407 e. The van der Waals surface area contributed by atoms with Gasteiger partial charge < -0.3 is 24.8 Å². The van der Waals surface area contributed by atoms with Gasteiger partial charge >= 0.3 is 6.09 Å². The number of hydrogen-bond acceptors (Lipinski definition) is 5. The molecular weight excluding hydrogens is 248 g/mol. The summed E-state index contributed by atoms with van der Waals surface area (Å²) >= 11 is 0. The summed E-state index contributed by atoms with van der Waals surface area (Å²) in [4.78, 5) is 10.9. The molecule has 1 aromatic rings. The molecule has 6 nitrogen and oxygen atoms in total. The first-order valence-corrected chi connectivity index (χ1v) is 6.11. The van der Waals surface area contributed by atoms with E-state index in [1.807, 2.05) is 25.2 Å². The van der Waals surface area contributed by atoms with Gasteiger partial charge in [0.1, 0.15) is 18.1 Å². The fourth-order valence-electron chi connectivity index (χ4n) is 1.84. The van der Waals surface area contributed by atoms with Crippen molar-refractivity contribution < 1.29 is 19.0 Å². The number of rotatable bonds is 6. The van der Waals surface area contributed by atoms with Crippen molar-refractivity contribution in [2.75, 3.05) is 27.3 Å². The lowest BCUT2D eigenvalue weighted by molar-refractivity contribution is 0.104. The van der Waals surface area contributed by atoms with Gasteiger partial charge in [-0.05, 0) is 13.1 Å². The van der Waals surface area contributed by atoms with Crippen LogP contribution in [0.4, 0.5) is 4.79 Å². The summed E-state index contributed by atoms with van der Waals surface area (Å²) in [5, 5.41) is 5.67. The Morgan fingerprint density at radius 3 is 3.00 bits per heavy atom. The van der Waals surface area contributed by atoms with Crippen LogP contribution in [0.25, 0.3) is 0 Å². The number of nitrogens with one attached hydrogen (secondary N) is 2. The molecule has 1 amide bonds. The minimum atomic E-state index is -0.394. The van der Waals surface area contributed by atoms with Gasteiger partial charge in [0.2, 0.25) is 0 Å². The molecule has 0 radical (unpaired) electrons. The molecule has 2 N–H and O–H groups in total. The second-order valence-corrected chi connectivity index (χ2v) is 4.22. The number of benzene rings is 1. The molecule has 104 valence electrons. The van der Waals surface area contributed by atoms with E-state index in [9.17, 15) is 4.79 Å². The van der Waals surface area contributed by atoms with Crippen LogP contribution in [0.5, 0.6) is 11.5 Å². The van der Waals surface area contributed by atoms with Crippen molar-refractivity contribution in [1.82, 2.24) is 10.6 Å². The van der Waals surface area contributed by atoms with Crippen molar-refractivity contribution in [3.05, 3.63) is 23.8 Å². The smallest absolute Gasteiger partial charge is 0.407 e. The summed E-state index contributed by atoms with van der Waals surface area (Å²) in [7, 11) is 3.48. The molecule has 0 aromatic heterocycles. The Morgan fingerprint density at radius 2 is 2.37 bits per heavy atom. The molecule has 0 bridgehead atoms. The average Bonchev–Trinajstić information content (AvgIpc) is 2.83. The van der Waals surface area contributed by atoms with E-state index in [1.54, 1.807) is 7.11 Å². The number of ether oxygens (including phenoxy) is 3. The fourth-order valence-corrected chi connectivity index (χ4v) is 1.84. The van der Waals surface area contributed by atoms with Crippen LogP contribution in [0.2, 0.25) is 0 Å². The highest BCUT2D eigenvalue weighted by atomic mass is 16.6. The highest BCUT2D eigenvalue weighted by Crippen LogP contribution is 2.25. The maximum absolute atomic E-state index is 10.9. The average molecular weight is 266 g/mol. The summed E-state index contributed by atoms with van der Waals surface area (Å²) in [5.74, 6) is 1.47. The first kappa shape index (κ1) is 13.5. The van der Waals surface area contributed by atoms with Gasteiger partial charge in [-0.15, -0.1) is 0 Å². The van der Waals surface area contributed by atoms with Gasteiger partial charge in [0.25, 0.3) is 0 Å². The Balaban J connectivity index is 2.02. The number of amides is 1. The van der Waals surface area contributed by atoms with Gasteiger partial charge in [0.15, 0.2) is 6.10 Å². The highest BCUT2D eigenvalue weighted by molar-refractivity contribution is 5.69. The van der Waals surface area contributed by atoms with E-state index in [2.05, 4.69) is 10.6 Å². The molecule has 1 aromatic carbocycles. The van der Waals surface area contributed by atoms with Crippen LogP contribution in [0, 0.1) is 0 Å². The molecule has 0 saturated carbocycles. The van der Waals surface area contributed by atoms with Gasteiger partial charge in [-0.25, -0.2) is 4.79 Å². The number of carbonyl (C=O) groups excluding carboxylic acids is 1. The number of cyclic esters (lactones) is 1. The molecule has 1 aliphatic rings. The largest absolute Gasteiger partial charge is 0.497 e. The van der Waals surface area contributed by atoms with Crippen LogP contribution in [0.15, 0.2) is 18.2 Å². The number of methoxy groups -OCH3 is 1. The molecule has 0 aliphatic carbocycles. The van der Waals surface area contributed by atoms with Crippen molar-refractivity contribution >= 4 is 6.09 Å². The molecular formula is C13H18N2O4. The molecule has 1 saturated heterocycles. The molecule has 1 aliphatic heterocycles. The maximum atomic E-state index is 10.9. The van der Waals surface area contributed by atoms with Crippen LogP contribution in [0.1, 0.15) is 5.56 Å². The van der Waals surface area contributed by atoms with E-state index >= 15 is 0 Å². The summed E-state index contributed by atoms with van der Waals surface area (Å²) in [6.45, 7) is 1.49. The third-order valence-corrected chi connectivity index (χ3v) is 2.81. The summed E-state index contributed by atoms with van der Waals surface area (Å²) in [6.07, 6.45) is -0.643. The molecule has 0 spiro atoms. The monoisotopic (exact) mass is 266 g/mol. The highest BCUT2D eigenvalue weighted by Gasteiger charge is 2.23. The third kappa shape index (κ3) is 3.51. The Bertz CT molecular complexity index is 450. The molecule has 1 fully saturated rings. The number of hydrogen-bond donors (Lipinski definition) is 2. The predicted molar refractivity (Wildman–Crippen MR) is 69.5 cm³/mol. The van der Waals surface area contributed by atoms with Gasteiger partial charge in [0, 0.05) is 18.2 Å². The summed E-state index contributed by atoms with van der Waals surface area (Å²) in [5.41, 5.74) is 1.03. The standard InChI is InChI=1S/C13H18N2O4/c1-14-6-9-3-4-10(17-2)5-12(9)18-8-11-7-15-13(16)19-11/h3-5,11,14H,6-8H2,1-2H3,(H,15,16). The Kier molecular flexibility index (Phi) is 4.46. The zero-order valence-electron chi connectivity index (χ0n) is 11.1. The van der Waals surface area contributed by atoms with Crippen LogP contribution in [-0.4, -0.2) is 39.5 Å². The van der Waals surface area contributed by atoms with Crippen molar-refractivity contribution in [3.8, 4) is 11.5 Å². The summed E-state index contributed by atoms with van der Waals surface area (Å²) < 4.78 is 15.9. The molecule has 2 rings (SSSR count). The zero-order valence-corrected chi connectivity index (χ0v) is 11.1. The predicted octanol–water partition coefficient (Wildman–Crippen LogP) is 0.902. The van der Waals surface area contributed by atoms with Crippen LogP contribution in [-0.2, 0) is 11.3 Å². The Morgan fingerprint density at radius 1 is 1.53 bits per heavy atom. The van der Waals surface area contributed by atoms with Crippen LogP contribution in [0.3, 0.4) is 0 Å². The lowest BCUT2D eigenvalue weighted by atomic mass is 10.2. The second-order valence-electron chi connectivity index (χ2n) is 4.22. The van der Waals surface area contributed by atoms with E-state index < -0.39 is 6.09 Å². The zero-order chi connectivity index (χ0) is 13.7. The topological polar surface area (TPSA) is 68.8 Å². The normalized spacial score (nSPS) is 17.8. The van der Waals surface area contributed by atoms with Gasteiger partial charge in [-0.2, -0.15) is 0 Å². The molecule has 1 heterocycles. The van der Waals surface area contributed by atoms with Crippen molar-refractivity contribution in [2.45, 2.75) is 12.6 Å². The minimum Gasteiger partial charge on any atom is -0.497 e. The quantitative estimate of drug-likeness (QED) is 0.800. The molecule has 6 heteroatoms. The second kappa shape index (κ2) is 6.29. The molecule has 19 heavy (non-hydrogen) atoms. The Hall–Kier alpha value is -1.95. The first-order chi connectivity index (χ1) is 9.22. The van der Waals surface area contributed by atoms with Crippen molar-refractivity contribution in [1.29, 1.82) is 0 Å².